The molecule has 0 radical (unpaired) electrons. The van der Waals surface area contributed by atoms with E-state index >= 15 is 0 Å². The molecule has 3 nitrogen and oxygen atoms in total. The van der Waals surface area contributed by atoms with Crippen molar-refractivity contribution in [3.63, 3.8) is 0 Å². The zero-order valence-corrected chi connectivity index (χ0v) is 7.84. The highest BCUT2D eigenvalue weighted by atomic mass is 16.3. The first-order valence-corrected chi connectivity index (χ1v) is 4.19. The fraction of sp³-hybridized carbons (Fsp3) is 0.400. The van der Waals surface area contributed by atoms with Crippen LogP contribution in [0.2, 0.25) is 0 Å². The Morgan fingerprint density at radius 1 is 1.46 bits per heavy atom. The first kappa shape index (κ1) is 9.86. The van der Waals surface area contributed by atoms with Gasteiger partial charge in [-0.2, -0.15) is 0 Å². The molecular weight excluding hydrogens is 164 g/mol. The zero-order valence-electron chi connectivity index (χ0n) is 7.84. The molecule has 1 aliphatic carbocycles. The maximum absolute atomic E-state index is 11.5. The van der Waals surface area contributed by atoms with Crippen LogP contribution in [-0.4, -0.2) is 32.1 Å². The zero-order chi connectivity index (χ0) is 9.68. The van der Waals surface area contributed by atoms with E-state index in [2.05, 4.69) is 9.98 Å². The van der Waals surface area contributed by atoms with E-state index in [1.54, 1.807) is 14.1 Å². The van der Waals surface area contributed by atoms with Crippen LogP contribution >= 0.6 is 0 Å². The van der Waals surface area contributed by atoms with Crippen LogP contribution in [-0.2, 0) is 0 Å². The standard InChI is InChI=1S/C10H13N2O/c1-11-7-10(13)8-5-3-4-6-9(8)12-2/h3-8,10H,1-2H3/q-1. The fourth-order valence-corrected chi connectivity index (χ4v) is 1.29. The monoisotopic (exact) mass is 177 g/mol. The van der Waals surface area contributed by atoms with Crippen molar-refractivity contribution in [2.75, 3.05) is 14.1 Å². The van der Waals surface area contributed by atoms with Crippen LogP contribution in [0.25, 0.3) is 0 Å². The summed E-state index contributed by atoms with van der Waals surface area (Å²) in [4.78, 5) is 7.78. The van der Waals surface area contributed by atoms with Gasteiger partial charge in [0.05, 0.1) is 0 Å². The normalized spacial score (nSPS) is 27.3. The van der Waals surface area contributed by atoms with E-state index in [0.29, 0.717) is 0 Å². The third kappa shape index (κ3) is 2.36. The molecule has 0 heterocycles. The molecular formula is C10H13N2O-. The van der Waals surface area contributed by atoms with Crippen LogP contribution in [0.15, 0.2) is 34.3 Å². The van der Waals surface area contributed by atoms with E-state index in [1.165, 1.54) is 6.21 Å². The van der Waals surface area contributed by atoms with Crippen LogP contribution in [0.5, 0.6) is 0 Å². The maximum atomic E-state index is 11.5. The highest BCUT2D eigenvalue weighted by Gasteiger charge is 2.13. The number of hydrogen-bond donors (Lipinski definition) is 0. The van der Waals surface area contributed by atoms with Crippen molar-refractivity contribution in [3.05, 3.63) is 24.3 Å². The molecule has 0 bridgehead atoms. The summed E-state index contributed by atoms with van der Waals surface area (Å²) in [6.45, 7) is 0. The summed E-state index contributed by atoms with van der Waals surface area (Å²) in [6.07, 6.45) is 8.06. The summed E-state index contributed by atoms with van der Waals surface area (Å²) in [5.74, 6) is -0.168. The Hall–Kier alpha value is -1.22. The number of rotatable bonds is 2. The lowest BCUT2D eigenvalue weighted by molar-refractivity contribution is -0.398. The number of allylic oxidation sites excluding steroid dienone is 3. The number of aliphatic imine (C=N–C) groups is 2. The van der Waals surface area contributed by atoms with Crippen molar-refractivity contribution in [1.29, 1.82) is 0 Å². The molecule has 70 valence electrons. The van der Waals surface area contributed by atoms with E-state index in [4.69, 9.17) is 0 Å². The van der Waals surface area contributed by atoms with E-state index in [1.807, 2.05) is 24.3 Å². The Morgan fingerprint density at radius 2 is 2.23 bits per heavy atom. The molecule has 13 heavy (non-hydrogen) atoms. The third-order valence-corrected chi connectivity index (χ3v) is 1.95. The van der Waals surface area contributed by atoms with Gasteiger partial charge in [0.1, 0.15) is 0 Å². The van der Waals surface area contributed by atoms with Crippen molar-refractivity contribution in [2.45, 2.75) is 6.10 Å². The Bertz CT molecular complexity index is 277. The minimum atomic E-state index is -0.829. The highest BCUT2D eigenvalue weighted by Crippen LogP contribution is 2.11. The first-order chi connectivity index (χ1) is 6.29. The summed E-state index contributed by atoms with van der Waals surface area (Å²) in [5, 5.41) is 11.5. The first-order valence-electron chi connectivity index (χ1n) is 4.19. The lowest BCUT2D eigenvalue weighted by atomic mass is 9.93. The van der Waals surface area contributed by atoms with Gasteiger partial charge in [-0.25, -0.2) is 0 Å². The van der Waals surface area contributed by atoms with E-state index < -0.39 is 6.10 Å². The Balaban J connectivity index is 2.79. The Morgan fingerprint density at radius 3 is 2.85 bits per heavy atom. The molecule has 2 unspecified atom stereocenters. The van der Waals surface area contributed by atoms with Crippen molar-refractivity contribution < 1.29 is 5.11 Å². The molecule has 0 N–H and O–H groups in total. The van der Waals surface area contributed by atoms with Crippen molar-refractivity contribution in [2.24, 2.45) is 15.9 Å². The lowest BCUT2D eigenvalue weighted by Crippen LogP contribution is -2.39. The van der Waals surface area contributed by atoms with Crippen molar-refractivity contribution in [1.82, 2.24) is 0 Å². The summed E-state index contributed by atoms with van der Waals surface area (Å²) < 4.78 is 0. The summed E-state index contributed by atoms with van der Waals surface area (Å²) in [5.41, 5.74) is 0.822. The second-order valence-electron chi connectivity index (χ2n) is 2.79. The van der Waals surface area contributed by atoms with Crippen LogP contribution in [0.3, 0.4) is 0 Å². The Kier molecular flexibility index (Phi) is 3.58. The van der Waals surface area contributed by atoms with Gasteiger partial charge in [-0.15, -0.1) is 0 Å². The lowest BCUT2D eigenvalue weighted by Gasteiger charge is -2.27. The molecule has 0 saturated carbocycles. The topological polar surface area (TPSA) is 47.8 Å². The second kappa shape index (κ2) is 4.72. The summed E-state index contributed by atoms with van der Waals surface area (Å²) >= 11 is 0. The van der Waals surface area contributed by atoms with Gasteiger partial charge < -0.3 is 10.1 Å². The van der Waals surface area contributed by atoms with Gasteiger partial charge in [-0.1, -0.05) is 24.3 Å². The predicted octanol–water partition coefficient (Wildman–Crippen LogP) is 0.229. The molecule has 0 fully saturated rings. The summed E-state index contributed by atoms with van der Waals surface area (Å²) in [7, 11) is 3.30. The van der Waals surface area contributed by atoms with Crippen molar-refractivity contribution in [3.8, 4) is 0 Å². The van der Waals surface area contributed by atoms with E-state index in [0.717, 1.165) is 5.71 Å². The van der Waals surface area contributed by atoms with Gasteiger partial charge in [0.15, 0.2) is 0 Å². The van der Waals surface area contributed by atoms with Gasteiger partial charge in [-0.05, 0) is 12.3 Å². The Labute approximate surface area is 78.2 Å². The van der Waals surface area contributed by atoms with Gasteiger partial charge in [0.25, 0.3) is 0 Å². The molecule has 2 atom stereocenters. The average molecular weight is 177 g/mol. The van der Waals surface area contributed by atoms with Gasteiger partial charge in [-0.3, -0.25) is 4.99 Å². The van der Waals surface area contributed by atoms with Gasteiger partial charge in [0, 0.05) is 25.7 Å². The second-order valence-corrected chi connectivity index (χ2v) is 2.79. The molecule has 0 aliphatic heterocycles. The van der Waals surface area contributed by atoms with Crippen molar-refractivity contribution >= 4 is 11.9 Å². The SMILES string of the molecule is CN=CC([O-])C1C=CC=CC1=NC. The minimum Gasteiger partial charge on any atom is -0.847 e. The van der Waals surface area contributed by atoms with Crippen LogP contribution in [0.1, 0.15) is 0 Å². The number of nitrogens with zero attached hydrogens (tertiary/aromatic N) is 2. The van der Waals surface area contributed by atoms with E-state index in [9.17, 15) is 5.11 Å². The van der Waals surface area contributed by atoms with Crippen LogP contribution in [0.4, 0.5) is 0 Å². The fourth-order valence-electron chi connectivity index (χ4n) is 1.29. The molecule has 0 aromatic carbocycles. The highest BCUT2D eigenvalue weighted by molar-refractivity contribution is 6.01. The molecule has 0 amide bonds. The molecule has 3 heteroatoms. The van der Waals surface area contributed by atoms with E-state index in [-0.39, 0.29) is 5.92 Å². The molecule has 0 aromatic rings. The maximum Gasteiger partial charge on any atom is 0.0406 e. The van der Waals surface area contributed by atoms with Gasteiger partial charge >= 0.3 is 0 Å². The summed E-state index contributed by atoms with van der Waals surface area (Å²) in [6, 6.07) is 0. The number of hydrogen-bond acceptors (Lipinski definition) is 3. The quantitative estimate of drug-likeness (QED) is 0.557. The molecule has 1 rings (SSSR count). The largest absolute Gasteiger partial charge is 0.847 e. The van der Waals surface area contributed by atoms with Crippen LogP contribution < -0.4 is 5.11 Å². The molecule has 0 spiro atoms. The third-order valence-electron chi connectivity index (χ3n) is 1.95. The average Bonchev–Trinajstić information content (AvgIpc) is 2.18. The van der Waals surface area contributed by atoms with Crippen LogP contribution in [0, 0.1) is 5.92 Å². The predicted molar refractivity (Wildman–Crippen MR) is 53.3 cm³/mol. The molecule has 1 aliphatic rings. The minimum absolute atomic E-state index is 0.168. The molecule has 0 saturated heterocycles. The van der Waals surface area contributed by atoms with Gasteiger partial charge in [0.2, 0.25) is 0 Å². The smallest absolute Gasteiger partial charge is 0.0406 e. The molecule has 0 aromatic heterocycles.